The maximum absolute atomic E-state index is 2.44. The fraction of sp³-hybridized carbons (Fsp3) is 0.455. The van der Waals surface area contributed by atoms with Crippen LogP contribution in [-0.2, 0) is 5.41 Å². The zero-order chi connectivity index (χ0) is 10.2. The molecule has 1 aromatic rings. The minimum atomic E-state index is 0.252. The predicted molar refractivity (Wildman–Crippen MR) is 75.3 cm³/mol. The van der Waals surface area contributed by atoms with Crippen molar-refractivity contribution in [1.82, 2.24) is 0 Å². The van der Waals surface area contributed by atoms with Gasteiger partial charge < -0.3 is 0 Å². The van der Waals surface area contributed by atoms with Gasteiger partial charge in [0, 0.05) is 7.14 Å². The minimum absolute atomic E-state index is 0.252. The molecule has 1 aromatic carbocycles. The molecule has 0 unspecified atom stereocenters. The molecule has 0 N–H and O–H groups in total. The molecule has 0 nitrogen and oxygen atoms in total. The van der Waals surface area contributed by atoms with Crippen molar-refractivity contribution in [2.75, 3.05) is 0 Å². The molecule has 0 bridgehead atoms. The number of hydrogen-bond acceptors (Lipinski definition) is 0. The van der Waals surface area contributed by atoms with Crippen LogP contribution in [0.5, 0.6) is 0 Å². The predicted octanol–water partition coefficient (Wildman–Crippen LogP) is 4.50. The maximum atomic E-state index is 2.44. The highest BCUT2D eigenvalue weighted by atomic mass is 127. The van der Waals surface area contributed by atoms with Gasteiger partial charge in [0.15, 0.2) is 0 Å². The van der Waals surface area contributed by atoms with Crippen molar-refractivity contribution in [2.24, 2.45) is 0 Å². The summed E-state index contributed by atoms with van der Waals surface area (Å²) in [5.74, 6) is 0. The van der Waals surface area contributed by atoms with Crippen LogP contribution in [0, 0.1) is 14.1 Å². The molecule has 0 aliphatic rings. The van der Waals surface area contributed by atoms with Crippen molar-refractivity contribution in [3.05, 3.63) is 30.4 Å². The van der Waals surface area contributed by atoms with Crippen LogP contribution in [0.1, 0.15) is 31.9 Å². The van der Waals surface area contributed by atoms with E-state index in [4.69, 9.17) is 0 Å². The summed E-state index contributed by atoms with van der Waals surface area (Å²) in [4.78, 5) is 0. The van der Waals surface area contributed by atoms with Crippen LogP contribution < -0.4 is 0 Å². The standard InChI is InChI=1S/C11H14I2/c1-7-5-8(12)6-9(10(7)13)11(2,3)4/h5-6H,1-4H3. The van der Waals surface area contributed by atoms with E-state index < -0.39 is 0 Å². The van der Waals surface area contributed by atoms with E-state index in [1.165, 1.54) is 18.3 Å². The summed E-state index contributed by atoms with van der Waals surface area (Å²) in [6.07, 6.45) is 0. The molecule has 72 valence electrons. The van der Waals surface area contributed by atoms with Gasteiger partial charge >= 0.3 is 0 Å². The van der Waals surface area contributed by atoms with Crippen molar-refractivity contribution in [3.8, 4) is 0 Å². The summed E-state index contributed by atoms with van der Waals surface area (Å²) >= 11 is 4.83. The van der Waals surface area contributed by atoms with Gasteiger partial charge in [0.25, 0.3) is 0 Å². The minimum Gasteiger partial charge on any atom is -0.0560 e. The molecular formula is C11H14I2. The monoisotopic (exact) mass is 400 g/mol. The first kappa shape index (κ1) is 11.8. The smallest absolute Gasteiger partial charge is 0.0197 e. The van der Waals surface area contributed by atoms with Gasteiger partial charge in [-0.2, -0.15) is 0 Å². The normalized spacial score (nSPS) is 11.8. The summed E-state index contributed by atoms with van der Waals surface area (Å²) in [7, 11) is 0. The second-order valence-electron chi connectivity index (χ2n) is 4.33. The average Bonchev–Trinajstić information content (AvgIpc) is 1.94. The lowest BCUT2D eigenvalue weighted by Crippen LogP contribution is -2.14. The molecule has 0 saturated heterocycles. The van der Waals surface area contributed by atoms with Crippen LogP contribution in [0.25, 0.3) is 0 Å². The summed E-state index contributed by atoms with van der Waals surface area (Å²) in [6.45, 7) is 8.97. The Labute approximate surface area is 108 Å². The van der Waals surface area contributed by atoms with Gasteiger partial charge in [-0.15, -0.1) is 0 Å². The van der Waals surface area contributed by atoms with Crippen LogP contribution in [0.4, 0.5) is 0 Å². The van der Waals surface area contributed by atoms with Crippen molar-refractivity contribution in [2.45, 2.75) is 33.1 Å². The van der Waals surface area contributed by atoms with Crippen LogP contribution >= 0.6 is 45.2 Å². The number of benzene rings is 1. The molecule has 13 heavy (non-hydrogen) atoms. The highest BCUT2D eigenvalue weighted by Crippen LogP contribution is 2.30. The van der Waals surface area contributed by atoms with Gasteiger partial charge in [0.05, 0.1) is 0 Å². The number of rotatable bonds is 0. The molecule has 0 atom stereocenters. The fourth-order valence-corrected chi connectivity index (χ4v) is 3.17. The third kappa shape index (κ3) is 2.81. The summed E-state index contributed by atoms with van der Waals surface area (Å²) in [5, 5.41) is 0. The van der Waals surface area contributed by atoms with Crippen molar-refractivity contribution in [3.63, 3.8) is 0 Å². The second kappa shape index (κ2) is 4.04. The quantitative estimate of drug-likeness (QED) is 0.563. The Morgan fingerprint density at radius 1 is 1.08 bits per heavy atom. The molecule has 0 aliphatic heterocycles. The van der Waals surface area contributed by atoms with Crippen LogP contribution in [-0.4, -0.2) is 0 Å². The van der Waals surface area contributed by atoms with Gasteiger partial charge in [-0.25, -0.2) is 0 Å². The van der Waals surface area contributed by atoms with Gasteiger partial charge in [-0.1, -0.05) is 20.8 Å². The van der Waals surface area contributed by atoms with E-state index in [2.05, 4.69) is 85.0 Å². The lowest BCUT2D eigenvalue weighted by molar-refractivity contribution is 0.585. The number of hydrogen-bond donors (Lipinski definition) is 0. The molecule has 0 saturated carbocycles. The Kier molecular flexibility index (Phi) is 3.66. The molecule has 0 spiro atoms. The lowest BCUT2D eigenvalue weighted by Gasteiger charge is -2.22. The van der Waals surface area contributed by atoms with E-state index in [1.807, 2.05) is 0 Å². The van der Waals surface area contributed by atoms with Crippen LogP contribution in [0.15, 0.2) is 12.1 Å². The third-order valence-corrected chi connectivity index (χ3v) is 4.08. The Balaban J connectivity index is 3.37. The highest BCUT2D eigenvalue weighted by Gasteiger charge is 2.18. The SMILES string of the molecule is Cc1cc(I)cc(C(C)(C)C)c1I. The highest BCUT2D eigenvalue weighted by molar-refractivity contribution is 14.1. The molecule has 0 aromatic heterocycles. The zero-order valence-corrected chi connectivity index (χ0v) is 12.7. The van der Waals surface area contributed by atoms with E-state index in [1.54, 1.807) is 0 Å². The van der Waals surface area contributed by atoms with Gasteiger partial charge in [0.1, 0.15) is 0 Å². The summed E-state index contributed by atoms with van der Waals surface area (Å²) in [6, 6.07) is 4.52. The Morgan fingerprint density at radius 2 is 1.62 bits per heavy atom. The molecule has 0 aliphatic carbocycles. The van der Waals surface area contributed by atoms with Gasteiger partial charge in [0.2, 0.25) is 0 Å². The van der Waals surface area contributed by atoms with Crippen molar-refractivity contribution >= 4 is 45.2 Å². The van der Waals surface area contributed by atoms with E-state index in [9.17, 15) is 0 Å². The van der Waals surface area contributed by atoms with Crippen molar-refractivity contribution in [1.29, 1.82) is 0 Å². The average molecular weight is 400 g/mol. The molecule has 0 amide bonds. The third-order valence-electron chi connectivity index (χ3n) is 2.03. The van der Waals surface area contributed by atoms with Crippen LogP contribution in [0.2, 0.25) is 0 Å². The number of aryl methyl sites for hydroxylation is 1. The Hall–Kier alpha value is 0.680. The topological polar surface area (TPSA) is 0 Å². The summed E-state index contributed by atoms with van der Waals surface area (Å²) < 4.78 is 2.74. The van der Waals surface area contributed by atoms with Crippen LogP contribution in [0.3, 0.4) is 0 Å². The van der Waals surface area contributed by atoms with E-state index >= 15 is 0 Å². The largest absolute Gasteiger partial charge is 0.0560 e. The van der Waals surface area contributed by atoms with Crippen molar-refractivity contribution < 1.29 is 0 Å². The zero-order valence-electron chi connectivity index (χ0n) is 8.41. The first-order valence-electron chi connectivity index (χ1n) is 4.28. The van der Waals surface area contributed by atoms with E-state index in [-0.39, 0.29) is 5.41 Å². The molecule has 2 heteroatoms. The molecule has 0 fully saturated rings. The van der Waals surface area contributed by atoms with E-state index in [0.717, 1.165) is 0 Å². The lowest BCUT2D eigenvalue weighted by atomic mass is 9.86. The van der Waals surface area contributed by atoms with Gasteiger partial charge in [-0.05, 0) is 80.8 Å². The molecule has 1 rings (SSSR count). The molecule has 0 radical (unpaired) electrons. The van der Waals surface area contributed by atoms with E-state index in [0.29, 0.717) is 0 Å². The fourth-order valence-electron chi connectivity index (χ4n) is 1.27. The molecule has 0 heterocycles. The Morgan fingerprint density at radius 3 is 2.08 bits per heavy atom. The second-order valence-corrected chi connectivity index (χ2v) is 6.66. The first-order chi connectivity index (χ1) is 5.82. The maximum Gasteiger partial charge on any atom is 0.0197 e. The number of halogens is 2. The molecular weight excluding hydrogens is 386 g/mol. The Bertz CT molecular complexity index is 322. The first-order valence-corrected chi connectivity index (χ1v) is 6.44. The van der Waals surface area contributed by atoms with Gasteiger partial charge in [-0.3, -0.25) is 0 Å². The summed E-state index contributed by atoms with van der Waals surface area (Å²) in [5.41, 5.74) is 3.09.